The summed E-state index contributed by atoms with van der Waals surface area (Å²) in [6, 6.07) is 9.75. The van der Waals surface area contributed by atoms with Gasteiger partial charge in [0, 0.05) is 6.92 Å². The number of aryl methyl sites for hydroxylation is 1. The Morgan fingerprint density at radius 1 is 1.28 bits per heavy atom. The lowest BCUT2D eigenvalue weighted by atomic mass is 10.2. The number of carbonyl (C=O) groups excluding carboxylic acids is 1. The van der Waals surface area contributed by atoms with Crippen molar-refractivity contribution < 1.29 is 9.53 Å². The minimum absolute atomic E-state index is 0.122. The number of ether oxygens (including phenoxy) is 1. The van der Waals surface area contributed by atoms with Crippen LogP contribution < -0.4 is 4.74 Å². The van der Waals surface area contributed by atoms with Crippen LogP contribution in [-0.4, -0.2) is 15.8 Å². The SMILES string of the molecule is CC(=O)c1nc(C)ncc1OCc1ccccc1. The largest absolute Gasteiger partial charge is 0.485 e. The maximum atomic E-state index is 11.5. The zero-order valence-electron chi connectivity index (χ0n) is 10.4. The van der Waals surface area contributed by atoms with Crippen molar-refractivity contribution in [3.05, 3.63) is 53.6 Å². The summed E-state index contributed by atoms with van der Waals surface area (Å²) in [6.45, 7) is 3.61. The summed E-state index contributed by atoms with van der Waals surface area (Å²) in [7, 11) is 0. The number of rotatable bonds is 4. The highest BCUT2D eigenvalue weighted by atomic mass is 16.5. The molecule has 0 unspecified atom stereocenters. The van der Waals surface area contributed by atoms with Crippen molar-refractivity contribution in [3.63, 3.8) is 0 Å². The summed E-state index contributed by atoms with van der Waals surface area (Å²) in [5, 5.41) is 0. The number of Topliss-reactive ketones (excluding diaryl/α,β-unsaturated/α-hetero) is 1. The van der Waals surface area contributed by atoms with E-state index in [1.165, 1.54) is 6.92 Å². The molecule has 0 bridgehead atoms. The number of carbonyl (C=O) groups is 1. The Morgan fingerprint density at radius 2 is 2.00 bits per heavy atom. The highest BCUT2D eigenvalue weighted by Crippen LogP contribution is 2.17. The third kappa shape index (κ3) is 2.91. The molecule has 1 heterocycles. The van der Waals surface area contributed by atoms with E-state index in [2.05, 4.69) is 9.97 Å². The molecule has 2 rings (SSSR count). The average molecular weight is 242 g/mol. The molecule has 0 aliphatic rings. The van der Waals surface area contributed by atoms with E-state index in [0.29, 0.717) is 23.9 Å². The van der Waals surface area contributed by atoms with E-state index < -0.39 is 0 Å². The van der Waals surface area contributed by atoms with Crippen LogP contribution in [0.1, 0.15) is 28.8 Å². The summed E-state index contributed by atoms with van der Waals surface area (Å²) < 4.78 is 5.59. The molecule has 0 spiro atoms. The second kappa shape index (κ2) is 5.40. The van der Waals surface area contributed by atoms with E-state index in [-0.39, 0.29) is 5.78 Å². The molecule has 0 amide bonds. The molecular formula is C14H14N2O2. The van der Waals surface area contributed by atoms with Crippen LogP contribution in [0.5, 0.6) is 5.75 Å². The standard InChI is InChI=1S/C14H14N2O2/c1-10(17)14-13(8-15-11(2)16-14)18-9-12-6-4-3-5-7-12/h3-8H,9H2,1-2H3. The molecule has 18 heavy (non-hydrogen) atoms. The Kier molecular flexibility index (Phi) is 3.67. The van der Waals surface area contributed by atoms with Crippen LogP contribution in [0.25, 0.3) is 0 Å². The number of ketones is 1. The van der Waals surface area contributed by atoms with E-state index in [9.17, 15) is 4.79 Å². The Labute approximate surface area is 106 Å². The smallest absolute Gasteiger partial charge is 0.182 e. The maximum absolute atomic E-state index is 11.5. The van der Waals surface area contributed by atoms with Crippen molar-refractivity contribution in [1.29, 1.82) is 0 Å². The van der Waals surface area contributed by atoms with E-state index in [0.717, 1.165) is 5.56 Å². The molecule has 0 fully saturated rings. The van der Waals surface area contributed by atoms with Gasteiger partial charge in [0.1, 0.15) is 12.4 Å². The zero-order chi connectivity index (χ0) is 13.0. The van der Waals surface area contributed by atoms with Gasteiger partial charge in [-0.3, -0.25) is 4.79 Å². The topological polar surface area (TPSA) is 52.1 Å². The fourth-order valence-corrected chi connectivity index (χ4v) is 1.55. The number of benzene rings is 1. The molecule has 2 aromatic rings. The summed E-state index contributed by atoms with van der Waals surface area (Å²) in [4.78, 5) is 19.6. The van der Waals surface area contributed by atoms with Gasteiger partial charge in [0.25, 0.3) is 0 Å². The second-order valence-electron chi connectivity index (χ2n) is 3.96. The van der Waals surface area contributed by atoms with E-state index >= 15 is 0 Å². The minimum atomic E-state index is -0.122. The van der Waals surface area contributed by atoms with E-state index in [1.54, 1.807) is 13.1 Å². The molecule has 0 radical (unpaired) electrons. The van der Waals surface area contributed by atoms with Crippen LogP contribution in [0.4, 0.5) is 0 Å². The fraction of sp³-hybridized carbons (Fsp3) is 0.214. The lowest BCUT2D eigenvalue weighted by Gasteiger charge is -2.09. The van der Waals surface area contributed by atoms with Gasteiger partial charge in [0.15, 0.2) is 17.2 Å². The monoisotopic (exact) mass is 242 g/mol. The molecular weight excluding hydrogens is 228 g/mol. The first-order valence-electron chi connectivity index (χ1n) is 5.68. The molecule has 1 aromatic carbocycles. The maximum Gasteiger partial charge on any atom is 0.182 e. The predicted molar refractivity (Wildman–Crippen MR) is 67.5 cm³/mol. The van der Waals surface area contributed by atoms with Gasteiger partial charge >= 0.3 is 0 Å². The van der Waals surface area contributed by atoms with Gasteiger partial charge in [-0.15, -0.1) is 0 Å². The molecule has 0 N–H and O–H groups in total. The molecule has 0 saturated carbocycles. The number of aromatic nitrogens is 2. The quantitative estimate of drug-likeness (QED) is 0.773. The van der Waals surface area contributed by atoms with Crippen molar-refractivity contribution >= 4 is 5.78 Å². The number of hydrogen-bond donors (Lipinski definition) is 0. The summed E-state index contributed by atoms with van der Waals surface area (Å²) >= 11 is 0. The van der Waals surface area contributed by atoms with Crippen LogP contribution in [0, 0.1) is 6.92 Å². The first-order valence-corrected chi connectivity index (χ1v) is 5.68. The summed E-state index contributed by atoms with van der Waals surface area (Å²) in [5.41, 5.74) is 1.37. The van der Waals surface area contributed by atoms with Crippen molar-refractivity contribution in [3.8, 4) is 5.75 Å². The van der Waals surface area contributed by atoms with Crippen LogP contribution >= 0.6 is 0 Å². The first-order chi connectivity index (χ1) is 8.66. The van der Waals surface area contributed by atoms with Gasteiger partial charge in [-0.05, 0) is 12.5 Å². The Balaban J connectivity index is 2.17. The molecule has 0 saturated heterocycles. The van der Waals surface area contributed by atoms with E-state index in [4.69, 9.17) is 4.74 Å². The first kappa shape index (κ1) is 12.2. The zero-order valence-corrected chi connectivity index (χ0v) is 10.4. The van der Waals surface area contributed by atoms with Gasteiger partial charge in [0.2, 0.25) is 0 Å². The molecule has 0 aliphatic heterocycles. The Morgan fingerprint density at radius 3 is 2.67 bits per heavy atom. The number of nitrogens with zero attached hydrogens (tertiary/aromatic N) is 2. The van der Waals surface area contributed by atoms with Crippen molar-refractivity contribution in [2.24, 2.45) is 0 Å². The van der Waals surface area contributed by atoms with E-state index in [1.807, 2.05) is 30.3 Å². The summed E-state index contributed by atoms with van der Waals surface area (Å²) in [6.07, 6.45) is 1.54. The van der Waals surface area contributed by atoms with Crippen LogP contribution in [-0.2, 0) is 6.61 Å². The summed E-state index contributed by atoms with van der Waals surface area (Å²) in [5.74, 6) is 0.868. The van der Waals surface area contributed by atoms with Crippen LogP contribution in [0.2, 0.25) is 0 Å². The lowest BCUT2D eigenvalue weighted by molar-refractivity contribution is 0.100. The van der Waals surface area contributed by atoms with Crippen LogP contribution in [0.15, 0.2) is 36.5 Å². The normalized spacial score (nSPS) is 10.1. The molecule has 4 nitrogen and oxygen atoms in total. The van der Waals surface area contributed by atoms with Gasteiger partial charge in [-0.25, -0.2) is 9.97 Å². The molecule has 1 aromatic heterocycles. The highest BCUT2D eigenvalue weighted by Gasteiger charge is 2.11. The Hall–Kier alpha value is -2.23. The van der Waals surface area contributed by atoms with Crippen molar-refractivity contribution in [2.45, 2.75) is 20.5 Å². The second-order valence-corrected chi connectivity index (χ2v) is 3.96. The molecule has 0 atom stereocenters. The highest BCUT2D eigenvalue weighted by molar-refractivity contribution is 5.94. The lowest BCUT2D eigenvalue weighted by Crippen LogP contribution is -2.06. The molecule has 92 valence electrons. The van der Waals surface area contributed by atoms with Gasteiger partial charge < -0.3 is 4.74 Å². The van der Waals surface area contributed by atoms with Crippen molar-refractivity contribution in [1.82, 2.24) is 9.97 Å². The third-order valence-electron chi connectivity index (χ3n) is 2.45. The third-order valence-corrected chi connectivity index (χ3v) is 2.45. The minimum Gasteiger partial charge on any atom is -0.485 e. The van der Waals surface area contributed by atoms with Gasteiger partial charge in [-0.2, -0.15) is 0 Å². The van der Waals surface area contributed by atoms with Gasteiger partial charge in [0.05, 0.1) is 6.20 Å². The molecule has 4 heteroatoms. The average Bonchev–Trinajstić information content (AvgIpc) is 2.38. The predicted octanol–water partition coefficient (Wildman–Crippen LogP) is 2.57. The van der Waals surface area contributed by atoms with Gasteiger partial charge in [-0.1, -0.05) is 30.3 Å². The number of hydrogen-bond acceptors (Lipinski definition) is 4. The molecule has 0 aliphatic carbocycles. The van der Waals surface area contributed by atoms with Crippen molar-refractivity contribution in [2.75, 3.05) is 0 Å². The van der Waals surface area contributed by atoms with Crippen LogP contribution in [0.3, 0.4) is 0 Å². The fourth-order valence-electron chi connectivity index (χ4n) is 1.55. The Bertz CT molecular complexity index is 553.